The first-order valence-corrected chi connectivity index (χ1v) is 3.21. The molecule has 0 aliphatic heterocycles. The molecule has 3 heteroatoms. The van der Waals surface area contributed by atoms with Crippen LogP contribution < -0.4 is 5.73 Å². The van der Waals surface area contributed by atoms with Gasteiger partial charge in [0.25, 0.3) is 0 Å². The van der Waals surface area contributed by atoms with Crippen molar-refractivity contribution in [1.82, 2.24) is 0 Å². The van der Waals surface area contributed by atoms with Gasteiger partial charge >= 0.3 is 0 Å². The van der Waals surface area contributed by atoms with Gasteiger partial charge in [-0.3, -0.25) is 0 Å². The molecule has 58 valence electrons. The second kappa shape index (κ2) is 3.14. The molecule has 1 aromatic rings. The standard InChI is InChI=1S/C8H8FNO/c9-7-2-1-6(3-4-11)8(10)5-7/h1-2,4-5H,3,10H2. The van der Waals surface area contributed by atoms with Crippen molar-refractivity contribution in [3.05, 3.63) is 29.6 Å². The van der Waals surface area contributed by atoms with Crippen LogP contribution in [0.25, 0.3) is 0 Å². The van der Waals surface area contributed by atoms with Crippen molar-refractivity contribution >= 4 is 12.0 Å². The highest BCUT2D eigenvalue weighted by atomic mass is 19.1. The smallest absolute Gasteiger partial charge is 0.125 e. The quantitative estimate of drug-likeness (QED) is 0.511. The van der Waals surface area contributed by atoms with Gasteiger partial charge in [-0.2, -0.15) is 0 Å². The molecule has 2 N–H and O–H groups in total. The van der Waals surface area contributed by atoms with E-state index < -0.39 is 0 Å². The van der Waals surface area contributed by atoms with E-state index >= 15 is 0 Å². The van der Waals surface area contributed by atoms with Gasteiger partial charge in [0.15, 0.2) is 0 Å². The summed E-state index contributed by atoms with van der Waals surface area (Å²) in [4.78, 5) is 10.1. The Labute approximate surface area is 63.8 Å². The van der Waals surface area contributed by atoms with Gasteiger partial charge in [-0.1, -0.05) is 6.07 Å². The van der Waals surface area contributed by atoms with E-state index in [4.69, 9.17) is 5.73 Å². The number of nitrogen functional groups attached to an aromatic ring is 1. The summed E-state index contributed by atoms with van der Waals surface area (Å²) in [7, 11) is 0. The lowest BCUT2D eigenvalue weighted by atomic mass is 10.1. The summed E-state index contributed by atoms with van der Waals surface area (Å²) in [6, 6.07) is 4.01. The predicted octanol–water partition coefficient (Wildman–Crippen LogP) is 1.15. The molecule has 1 aromatic carbocycles. The molecule has 11 heavy (non-hydrogen) atoms. The van der Waals surface area contributed by atoms with Crippen molar-refractivity contribution in [3.63, 3.8) is 0 Å². The minimum atomic E-state index is -0.378. The fourth-order valence-electron chi connectivity index (χ4n) is 0.841. The van der Waals surface area contributed by atoms with Crippen LogP contribution in [-0.4, -0.2) is 6.29 Å². The molecule has 0 spiro atoms. The van der Waals surface area contributed by atoms with Crippen LogP contribution in [0.2, 0.25) is 0 Å². The van der Waals surface area contributed by atoms with Crippen molar-refractivity contribution < 1.29 is 9.18 Å². The summed E-state index contributed by atoms with van der Waals surface area (Å²) in [5, 5.41) is 0. The van der Waals surface area contributed by atoms with Crippen molar-refractivity contribution in [2.75, 3.05) is 5.73 Å². The first-order chi connectivity index (χ1) is 5.24. The van der Waals surface area contributed by atoms with E-state index in [2.05, 4.69) is 0 Å². The third-order valence-corrected chi connectivity index (χ3v) is 1.41. The summed E-state index contributed by atoms with van der Waals surface area (Å²) >= 11 is 0. The maximum Gasteiger partial charge on any atom is 0.125 e. The van der Waals surface area contributed by atoms with Gasteiger partial charge in [0, 0.05) is 12.1 Å². The monoisotopic (exact) mass is 153 g/mol. The van der Waals surface area contributed by atoms with Crippen LogP contribution >= 0.6 is 0 Å². The molecule has 0 aromatic heterocycles. The van der Waals surface area contributed by atoms with E-state index in [0.29, 0.717) is 11.3 Å². The number of halogens is 1. The molecule has 0 radical (unpaired) electrons. The second-order valence-electron chi connectivity index (χ2n) is 2.21. The SMILES string of the molecule is Nc1cc(F)ccc1CC=O. The third kappa shape index (κ3) is 1.77. The number of benzene rings is 1. The highest BCUT2D eigenvalue weighted by Gasteiger charge is 1.98. The molecule has 0 saturated carbocycles. The fraction of sp³-hybridized carbons (Fsp3) is 0.125. The summed E-state index contributed by atoms with van der Waals surface area (Å²) in [5.74, 6) is -0.378. The Balaban J connectivity index is 2.98. The first-order valence-electron chi connectivity index (χ1n) is 3.21. The van der Waals surface area contributed by atoms with E-state index in [0.717, 1.165) is 6.29 Å². The van der Waals surface area contributed by atoms with Crippen LogP contribution in [0.1, 0.15) is 5.56 Å². The van der Waals surface area contributed by atoms with Gasteiger partial charge in [0.2, 0.25) is 0 Å². The van der Waals surface area contributed by atoms with Crippen molar-refractivity contribution in [1.29, 1.82) is 0 Å². The summed E-state index contributed by atoms with van der Waals surface area (Å²) in [6.45, 7) is 0. The lowest BCUT2D eigenvalue weighted by molar-refractivity contribution is -0.107. The van der Waals surface area contributed by atoms with Gasteiger partial charge in [-0.15, -0.1) is 0 Å². The Hall–Kier alpha value is -1.38. The maximum atomic E-state index is 12.4. The number of rotatable bonds is 2. The zero-order chi connectivity index (χ0) is 8.27. The first kappa shape index (κ1) is 7.72. The number of aldehydes is 1. The maximum absolute atomic E-state index is 12.4. The van der Waals surface area contributed by atoms with E-state index in [-0.39, 0.29) is 12.2 Å². The molecule has 0 aliphatic rings. The number of carbonyl (C=O) groups is 1. The minimum Gasteiger partial charge on any atom is -0.398 e. The largest absolute Gasteiger partial charge is 0.398 e. The fourth-order valence-corrected chi connectivity index (χ4v) is 0.841. The predicted molar refractivity (Wildman–Crippen MR) is 40.6 cm³/mol. The molecule has 0 unspecified atom stereocenters. The van der Waals surface area contributed by atoms with Crippen LogP contribution in [0.5, 0.6) is 0 Å². The van der Waals surface area contributed by atoms with E-state index in [1.807, 2.05) is 0 Å². The number of carbonyl (C=O) groups excluding carboxylic acids is 1. The van der Waals surface area contributed by atoms with E-state index in [9.17, 15) is 9.18 Å². The molecule has 0 atom stereocenters. The Morgan fingerprint density at radius 3 is 2.82 bits per heavy atom. The zero-order valence-corrected chi connectivity index (χ0v) is 5.88. The minimum absolute atomic E-state index is 0.242. The molecule has 0 bridgehead atoms. The molecule has 1 rings (SSSR count). The Kier molecular flexibility index (Phi) is 2.21. The molecule has 0 fully saturated rings. The van der Waals surface area contributed by atoms with Crippen LogP contribution in [-0.2, 0) is 11.2 Å². The third-order valence-electron chi connectivity index (χ3n) is 1.41. The molecule has 0 amide bonds. The molecule has 0 aliphatic carbocycles. The zero-order valence-electron chi connectivity index (χ0n) is 5.88. The van der Waals surface area contributed by atoms with Crippen LogP contribution in [0.4, 0.5) is 10.1 Å². The second-order valence-corrected chi connectivity index (χ2v) is 2.21. The average molecular weight is 153 g/mol. The van der Waals surface area contributed by atoms with Gasteiger partial charge in [0.05, 0.1) is 0 Å². The lowest BCUT2D eigenvalue weighted by Gasteiger charge is -1.99. The molecular weight excluding hydrogens is 145 g/mol. The van der Waals surface area contributed by atoms with Crippen molar-refractivity contribution in [2.24, 2.45) is 0 Å². The van der Waals surface area contributed by atoms with Gasteiger partial charge < -0.3 is 10.5 Å². The Bertz CT molecular complexity index is 273. The molecular formula is C8H8FNO. The average Bonchev–Trinajstić information content (AvgIpc) is 1.95. The Morgan fingerprint density at radius 1 is 1.55 bits per heavy atom. The molecule has 0 heterocycles. The highest BCUT2D eigenvalue weighted by Crippen LogP contribution is 2.12. The highest BCUT2D eigenvalue weighted by molar-refractivity contribution is 5.61. The number of nitrogens with two attached hydrogens (primary N) is 1. The van der Waals surface area contributed by atoms with Crippen LogP contribution in [0.15, 0.2) is 18.2 Å². The lowest BCUT2D eigenvalue weighted by Crippen LogP contribution is -1.95. The van der Waals surface area contributed by atoms with Gasteiger partial charge in [0.1, 0.15) is 12.1 Å². The van der Waals surface area contributed by atoms with Crippen molar-refractivity contribution in [3.8, 4) is 0 Å². The number of hydrogen-bond donors (Lipinski definition) is 1. The van der Waals surface area contributed by atoms with Crippen LogP contribution in [0, 0.1) is 5.82 Å². The summed E-state index contributed by atoms with van der Waals surface area (Å²) in [6.07, 6.45) is 0.982. The van der Waals surface area contributed by atoms with E-state index in [1.54, 1.807) is 0 Å². The van der Waals surface area contributed by atoms with Crippen LogP contribution in [0.3, 0.4) is 0 Å². The number of hydrogen-bond acceptors (Lipinski definition) is 2. The van der Waals surface area contributed by atoms with Gasteiger partial charge in [-0.25, -0.2) is 4.39 Å². The normalized spacial score (nSPS) is 9.55. The van der Waals surface area contributed by atoms with Crippen molar-refractivity contribution in [2.45, 2.75) is 6.42 Å². The molecule has 2 nitrogen and oxygen atoms in total. The topological polar surface area (TPSA) is 43.1 Å². The summed E-state index contributed by atoms with van der Waals surface area (Å²) < 4.78 is 12.4. The summed E-state index contributed by atoms with van der Waals surface area (Å²) in [5.41, 5.74) is 6.41. The Morgan fingerprint density at radius 2 is 2.27 bits per heavy atom. The van der Waals surface area contributed by atoms with Gasteiger partial charge in [-0.05, 0) is 17.7 Å². The molecule has 0 saturated heterocycles. The number of anilines is 1. The van der Waals surface area contributed by atoms with E-state index in [1.165, 1.54) is 18.2 Å².